The van der Waals surface area contributed by atoms with Crippen molar-refractivity contribution in [3.05, 3.63) is 345 Å². The molecule has 0 saturated carbocycles. The molecule has 0 spiro atoms. The Morgan fingerprint density at radius 1 is 0.248 bits per heavy atom. The van der Waals surface area contributed by atoms with Gasteiger partial charge < -0.3 is 9.13 Å². The molecule has 1 aliphatic carbocycles. The van der Waals surface area contributed by atoms with Crippen molar-refractivity contribution in [2.45, 2.75) is 19.3 Å². The van der Waals surface area contributed by atoms with Gasteiger partial charge in [0, 0.05) is 96.9 Å². The number of hydrogen-bond donors (Lipinski definition) is 0. The zero-order valence-electron chi connectivity index (χ0n) is 57.3. The van der Waals surface area contributed by atoms with Crippen molar-refractivity contribution in [3.63, 3.8) is 0 Å². The Morgan fingerprint density at radius 2 is 0.629 bits per heavy atom. The molecule has 0 unspecified atom stereocenters. The van der Waals surface area contributed by atoms with Crippen LogP contribution in [0.4, 0.5) is 0 Å². The molecule has 7 nitrogen and oxygen atoms in total. The van der Waals surface area contributed by atoms with Crippen LogP contribution in [-0.4, -0.2) is 32.8 Å². The molecular formula is C97H61N7S. The molecule has 8 heteroatoms. The SMILES string of the molecule is CC1(C)c2ccccc2-c2ccc3c(c21)c1ccccc1n3-c1cc(-n2c3cc(-c4ccc5c(c4)c4ccccc4n5-c4ccccc4)ccc3c3ccc(-c4ccc5c(c4)c4ccccc4n5-c4ccccc4)cc32)nc(-n2c3ccccc3c3ccc(-c4ccc5c(c4)sc4ccccc45)cc32)n1. The van der Waals surface area contributed by atoms with E-state index in [1.807, 2.05) is 11.3 Å². The van der Waals surface area contributed by atoms with Crippen molar-refractivity contribution in [1.82, 2.24) is 32.8 Å². The van der Waals surface area contributed by atoms with Crippen LogP contribution in [0.1, 0.15) is 25.0 Å². The van der Waals surface area contributed by atoms with E-state index in [-0.39, 0.29) is 5.41 Å². The summed E-state index contributed by atoms with van der Waals surface area (Å²) < 4.78 is 14.5. The molecule has 0 N–H and O–H groups in total. The Hall–Kier alpha value is -13.4. The van der Waals surface area contributed by atoms with E-state index in [1.165, 1.54) is 85.8 Å². The zero-order chi connectivity index (χ0) is 68.9. The first-order chi connectivity index (χ1) is 51.8. The van der Waals surface area contributed by atoms with Crippen molar-refractivity contribution < 1.29 is 0 Å². The van der Waals surface area contributed by atoms with Crippen LogP contribution in [0.25, 0.3) is 203 Å². The fraction of sp³-hybridized carbons (Fsp3) is 0.0309. The summed E-state index contributed by atoms with van der Waals surface area (Å²) in [4.78, 5) is 12.1. The van der Waals surface area contributed by atoms with E-state index in [4.69, 9.17) is 9.97 Å². The average Bonchev–Trinajstić information content (AvgIpc) is 1.54. The molecule has 0 amide bonds. The maximum atomic E-state index is 6.08. The van der Waals surface area contributed by atoms with Crippen LogP contribution in [0.5, 0.6) is 0 Å². The Morgan fingerprint density at radius 3 is 1.20 bits per heavy atom. The highest BCUT2D eigenvalue weighted by atomic mass is 32.1. The molecule has 105 heavy (non-hydrogen) atoms. The van der Waals surface area contributed by atoms with E-state index in [2.05, 4.69) is 370 Å². The molecule has 7 heterocycles. The zero-order valence-corrected chi connectivity index (χ0v) is 58.1. The molecule has 0 aliphatic heterocycles. The number of para-hydroxylation sites is 6. The molecule has 15 aromatic carbocycles. The fourth-order valence-electron chi connectivity index (χ4n) is 18.2. The summed E-state index contributed by atoms with van der Waals surface area (Å²) in [6.45, 7) is 4.79. The summed E-state index contributed by atoms with van der Waals surface area (Å²) in [5.41, 5.74) is 24.9. The van der Waals surface area contributed by atoms with Crippen LogP contribution in [0.3, 0.4) is 0 Å². The summed E-state index contributed by atoms with van der Waals surface area (Å²) in [5.74, 6) is 2.06. The molecule has 7 aromatic heterocycles. The highest BCUT2D eigenvalue weighted by molar-refractivity contribution is 7.25. The van der Waals surface area contributed by atoms with Gasteiger partial charge in [-0.05, 0) is 165 Å². The number of rotatable bonds is 8. The third-order valence-corrected chi connectivity index (χ3v) is 24.0. The first-order valence-electron chi connectivity index (χ1n) is 36.1. The number of fused-ring (bicyclic) bond motifs is 22. The van der Waals surface area contributed by atoms with E-state index < -0.39 is 0 Å². The normalized spacial score (nSPS) is 12.9. The van der Waals surface area contributed by atoms with Crippen LogP contribution in [0.2, 0.25) is 0 Å². The first-order valence-corrected chi connectivity index (χ1v) is 36.9. The van der Waals surface area contributed by atoms with Crippen LogP contribution in [0, 0.1) is 0 Å². The molecule has 0 atom stereocenters. The molecule has 1 aliphatic rings. The topological polar surface area (TPSA) is 50.4 Å². The standard InChI is InChI=1S/C97H61N7S/c1-97(2)79-31-15-9-25-66(79)75-47-50-86-94(95(75)97)76-30-13-19-35-83(76)102(86)92-57-93(99-96(98-92)104-82-34-18-10-26-67(82)70-43-39-62(55-89(70)104)63-40-46-74-73-29-14-20-36-90(73)105-91(74)56-63)103-87-53-60(58-41-48-84-77(51-58)68-27-11-16-32-80(68)100(84)64-21-5-3-6-22-64)37-44-71(87)72-45-38-61(54-88(72)103)59-42-49-85-78(52-59)69-28-12-17-33-81(69)101(85)65-23-7-4-8-24-65/h3-57H,1-2H3. The minimum atomic E-state index is -0.282. The van der Waals surface area contributed by atoms with Gasteiger partial charge in [-0.3, -0.25) is 13.7 Å². The molecule has 22 aromatic rings. The number of nitrogens with zero attached hydrogens (tertiary/aromatic N) is 7. The molecule has 23 rings (SSSR count). The summed E-state index contributed by atoms with van der Waals surface area (Å²) in [6, 6.07) is 124. The van der Waals surface area contributed by atoms with E-state index in [0.29, 0.717) is 5.95 Å². The van der Waals surface area contributed by atoms with Crippen LogP contribution < -0.4 is 0 Å². The van der Waals surface area contributed by atoms with Gasteiger partial charge in [-0.15, -0.1) is 11.3 Å². The van der Waals surface area contributed by atoms with Crippen molar-refractivity contribution in [1.29, 1.82) is 0 Å². The van der Waals surface area contributed by atoms with Gasteiger partial charge in [0.15, 0.2) is 0 Å². The predicted molar refractivity (Wildman–Crippen MR) is 440 cm³/mol. The molecule has 0 saturated heterocycles. The summed E-state index contributed by atoms with van der Waals surface area (Å²) in [6.07, 6.45) is 0. The number of benzene rings is 15. The Balaban J connectivity index is 0.811. The van der Waals surface area contributed by atoms with Gasteiger partial charge in [0.25, 0.3) is 0 Å². The van der Waals surface area contributed by atoms with E-state index in [9.17, 15) is 0 Å². The summed E-state index contributed by atoms with van der Waals surface area (Å²) in [7, 11) is 0. The van der Waals surface area contributed by atoms with E-state index in [0.717, 1.165) is 122 Å². The van der Waals surface area contributed by atoms with Gasteiger partial charge in [-0.1, -0.05) is 232 Å². The first kappa shape index (κ1) is 58.3. The second kappa shape index (κ2) is 21.8. The number of aromatic nitrogens is 7. The van der Waals surface area contributed by atoms with Gasteiger partial charge in [-0.2, -0.15) is 9.97 Å². The number of thiophene rings is 1. The average molecular weight is 1360 g/mol. The second-order valence-corrected chi connectivity index (χ2v) is 29.9. The van der Waals surface area contributed by atoms with Crippen LogP contribution in [0.15, 0.2) is 334 Å². The highest BCUT2D eigenvalue weighted by Crippen LogP contribution is 2.54. The lowest BCUT2D eigenvalue weighted by Gasteiger charge is -2.22. The quantitative estimate of drug-likeness (QED) is 0.152. The maximum absolute atomic E-state index is 6.08. The molecular weight excluding hydrogens is 1300 g/mol. The largest absolute Gasteiger partial charge is 0.309 e. The molecule has 0 bridgehead atoms. The van der Waals surface area contributed by atoms with E-state index >= 15 is 0 Å². The van der Waals surface area contributed by atoms with Crippen molar-refractivity contribution in [3.8, 4) is 73.5 Å². The van der Waals surface area contributed by atoms with Gasteiger partial charge in [0.05, 0.1) is 55.2 Å². The van der Waals surface area contributed by atoms with E-state index in [1.54, 1.807) is 0 Å². The lowest BCUT2D eigenvalue weighted by atomic mass is 9.80. The minimum absolute atomic E-state index is 0.282. The van der Waals surface area contributed by atoms with Crippen LogP contribution >= 0.6 is 11.3 Å². The Bertz CT molecular complexity index is 7280. The molecule has 0 fully saturated rings. The van der Waals surface area contributed by atoms with Crippen molar-refractivity contribution >= 4 is 141 Å². The predicted octanol–water partition coefficient (Wildman–Crippen LogP) is 25.6. The third kappa shape index (κ3) is 8.36. The highest BCUT2D eigenvalue weighted by Gasteiger charge is 2.38. The Labute approximate surface area is 606 Å². The fourth-order valence-corrected chi connectivity index (χ4v) is 19.4. The Kier molecular flexibility index (Phi) is 12.1. The molecule has 0 radical (unpaired) electrons. The lowest BCUT2D eigenvalue weighted by molar-refractivity contribution is 0.666. The van der Waals surface area contributed by atoms with Crippen LogP contribution in [-0.2, 0) is 5.41 Å². The maximum Gasteiger partial charge on any atom is 0.238 e. The van der Waals surface area contributed by atoms with Gasteiger partial charge in [0.1, 0.15) is 11.6 Å². The van der Waals surface area contributed by atoms with Gasteiger partial charge >= 0.3 is 0 Å². The minimum Gasteiger partial charge on any atom is -0.309 e. The second-order valence-electron chi connectivity index (χ2n) is 28.8. The monoisotopic (exact) mass is 1360 g/mol. The van der Waals surface area contributed by atoms with Crippen molar-refractivity contribution in [2.24, 2.45) is 0 Å². The lowest BCUT2D eigenvalue weighted by Crippen LogP contribution is -2.15. The van der Waals surface area contributed by atoms with Gasteiger partial charge in [-0.25, -0.2) is 0 Å². The number of hydrogen-bond acceptors (Lipinski definition) is 3. The third-order valence-electron chi connectivity index (χ3n) is 22.9. The van der Waals surface area contributed by atoms with Gasteiger partial charge in [0.2, 0.25) is 5.95 Å². The summed E-state index contributed by atoms with van der Waals surface area (Å²) in [5, 5.41) is 14.3. The van der Waals surface area contributed by atoms with Crippen molar-refractivity contribution in [2.75, 3.05) is 0 Å². The summed E-state index contributed by atoms with van der Waals surface area (Å²) >= 11 is 1.85. The molecule has 490 valence electrons. The smallest absolute Gasteiger partial charge is 0.238 e.